The highest BCUT2D eigenvalue weighted by Crippen LogP contribution is 2.26. The summed E-state index contributed by atoms with van der Waals surface area (Å²) in [6, 6.07) is 13.8. The van der Waals surface area contributed by atoms with Crippen molar-refractivity contribution in [3.63, 3.8) is 0 Å². The summed E-state index contributed by atoms with van der Waals surface area (Å²) < 4.78 is 5.71. The van der Waals surface area contributed by atoms with E-state index < -0.39 is 6.10 Å². The van der Waals surface area contributed by atoms with Gasteiger partial charge in [-0.1, -0.05) is 36.7 Å². The van der Waals surface area contributed by atoms with Gasteiger partial charge in [0, 0.05) is 24.0 Å². The highest BCUT2D eigenvalue weighted by Gasteiger charge is 2.19. The number of hydrogen-bond donors (Lipinski definition) is 2. The molecular formula is C24H30ClNO3. The smallest absolute Gasteiger partial charge is 0.170 e. The Morgan fingerprint density at radius 3 is 2.93 bits per heavy atom. The van der Waals surface area contributed by atoms with E-state index in [0.717, 1.165) is 43.4 Å². The van der Waals surface area contributed by atoms with E-state index in [9.17, 15) is 9.90 Å². The number of halogens is 1. The second kappa shape index (κ2) is 10.8. The SMILES string of the molecule is CCCC(=O)COc1ccc2c(c1)C[C@@H](NC[C@H](O)c1cccc(Cl)c1)CCC2. The Balaban J connectivity index is 1.58. The molecule has 0 radical (unpaired) electrons. The van der Waals surface area contributed by atoms with E-state index in [1.807, 2.05) is 31.2 Å². The molecule has 4 nitrogen and oxygen atoms in total. The third-order valence-corrected chi connectivity index (χ3v) is 5.64. The molecule has 1 aliphatic carbocycles. The number of hydrogen-bond acceptors (Lipinski definition) is 4. The Morgan fingerprint density at radius 2 is 2.14 bits per heavy atom. The molecule has 2 aromatic carbocycles. The average molecular weight is 416 g/mol. The maximum atomic E-state index is 11.7. The molecule has 3 rings (SSSR count). The summed E-state index contributed by atoms with van der Waals surface area (Å²) in [5, 5.41) is 14.6. The first-order valence-electron chi connectivity index (χ1n) is 10.5. The van der Waals surface area contributed by atoms with Gasteiger partial charge < -0.3 is 15.2 Å². The zero-order valence-corrected chi connectivity index (χ0v) is 17.8. The number of rotatable bonds is 9. The Bertz CT molecular complexity index is 824. The number of carbonyl (C=O) groups is 1. The summed E-state index contributed by atoms with van der Waals surface area (Å²) in [6.07, 6.45) is 4.91. The molecule has 0 unspecified atom stereocenters. The fourth-order valence-electron chi connectivity index (χ4n) is 3.83. The van der Waals surface area contributed by atoms with E-state index in [0.29, 0.717) is 24.0 Å². The van der Waals surface area contributed by atoms with E-state index in [-0.39, 0.29) is 12.4 Å². The van der Waals surface area contributed by atoms with Crippen LogP contribution in [0.4, 0.5) is 0 Å². The van der Waals surface area contributed by atoms with Crippen molar-refractivity contribution in [1.29, 1.82) is 0 Å². The molecule has 29 heavy (non-hydrogen) atoms. The summed E-state index contributed by atoms with van der Waals surface area (Å²) >= 11 is 6.03. The molecular weight excluding hydrogens is 386 g/mol. The first kappa shape index (κ1) is 21.8. The van der Waals surface area contributed by atoms with E-state index in [2.05, 4.69) is 17.4 Å². The molecule has 0 saturated carbocycles. The Labute approximate surface area is 178 Å². The Morgan fingerprint density at radius 1 is 1.28 bits per heavy atom. The van der Waals surface area contributed by atoms with E-state index >= 15 is 0 Å². The van der Waals surface area contributed by atoms with Crippen molar-refractivity contribution in [2.45, 2.75) is 57.6 Å². The summed E-state index contributed by atoms with van der Waals surface area (Å²) in [5.74, 6) is 0.893. The van der Waals surface area contributed by atoms with Crippen LogP contribution >= 0.6 is 11.6 Å². The summed E-state index contributed by atoms with van der Waals surface area (Å²) in [4.78, 5) is 11.7. The lowest BCUT2D eigenvalue weighted by atomic mass is 10.0. The zero-order chi connectivity index (χ0) is 20.6. The first-order chi connectivity index (χ1) is 14.0. The molecule has 2 aromatic rings. The molecule has 156 valence electrons. The van der Waals surface area contributed by atoms with Gasteiger partial charge in [-0.15, -0.1) is 0 Å². The molecule has 0 bridgehead atoms. The number of ether oxygens (including phenoxy) is 1. The van der Waals surface area contributed by atoms with Crippen LogP contribution < -0.4 is 10.1 Å². The van der Waals surface area contributed by atoms with Crippen molar-refractivity contribution in [2.75, 3.05) is 13.2 Å². The normalized spacial score (nSPS) is 17.3. The van der Waals surface area contributed by atoms with Gasteiger partial charge in [-0.2, -0.15) is 0 Å². The van der Waals surface area contributed by atoms with Crippen LogP contribution in [0.1, 0.15) is 55.4 Å². The lowest BCUT2D eigenvalue weighted by Gasteiger charge is -2.20. The van der Waals surface area contributed by atoms with Crippen LogP contribution in [0.3, 0.4) is 0 Å². The molecule has 0 aliphatic heterocycles. The molecule has 5 heteroatoms. The minimum atomic E-state index is -0.587. The Kier molecular flexibility index (Phi) is 8.10. The molecule has 0 spiro atoms. The van der Waals surface area contributed by atoms with Crippen LogP contribution in [0.2, 0.25) is 5.02 Å². The molecule has 0 fully saturated rings. The third kappa shape index (κ3) is 6.56. The number of nitrogens with one attached hydrogen (secondary N) is 1. The van der Waals surface area contributed by atoms with Crippen LogP contribution in [-0.4, -0.2) is 30.1 Å². The highest BCUT2D eigenvalue weighted by molar-refractivity contribution is 6.30. The maximum Gasteiger partial charge on any atom is 0.170 e. The van der Waals surface area contributed by atoms with E-state index in [1.165, 1.54) is 11.1 Å². The minimum absolute atomic E-state index is 0.136. The van der Waals surface area contributed by atoms with Gasteiger partial charge in [0.05, 0.1) is 6.10 Å². The zero-order valence-electron chi connectivity index (χ0n) is 17.0. The number of aliphatic hydroxyl groups is 1. The number of fused-ring (bicyclic) bond motifs is 1. The first-order valence-corrected chi connectivity index (χ1v) is 10.9. The van der Waals surface area contributed by atoms with Gasteiger partial charge in [0.2, 0.25) is 0 Å². The van der Waals surface area contributed by atoms with Gasteiger partial charge in [0.25, 0.3) is 0 Å². The summed E-state index contributed by atoms with van der Waals surface area (Å²) in [6.45, 7) is 2.62. The van der Waals surface area contributed by atoms with Gasteiger partial charge in [-0.3, -0.25) is 4.79 Å². The van der Waals surface area contributed by atoms with Crippen molar-refractivity contribution < 1.29 is 14.6 Å². The molecule has 0 heterocycles. The van der Waals surface area contributed by atoms with Crippen molar-refractivity contribution >= 4 is 17.4 Å². The molecule has 0 aromatic heterocycles. The maximum absolute atomic E-state index is 11.7. The second-order valence-corrected chi connectivity index (χ2v) is 8.22. The highest BCUT2D eigenvalue weighted by atomic mass is 35.5. The summed E-state index contributed by atoms with van der Waals surface area (Å²) in [5.41, 5.74) is 3.43. The van der Waals surface area contributed by atoms with Gasteiger partial charge in [0.15, 0.2) is 5.78 Å². The number of aryl methyl sites for hydroxylation is 1. The number of aliphatic hydroxyl groups excluding tert-OH is 1. The van der Waals surface area contributed by atoms with Gasteiger partial charge >= 0.3 is 0 Å². The molecule has 0 saturated heterocycles. The van der Waals surface area contributed by atoms with Gasteiger partial charge in [0.1, 0.15) is 12.4 Å². The fourth-order valence-corrected chi connectivity index (χ4v) is 4.03. The minimum Gasteiger partial charge on any atom is -0.486 e. The standard InChI is InChI=1S/C24H30ClNO3/c1-2-5-22(27)16-29-23-11-10-17-6-4-9-21(13-19(17)14-23)26-15-24(28)18-7-3-8-20(25)12-18/h3,7-8,10-12,14,21,24,26,28H,2,4-6,9,13,15-16H2,1H3/t21-,24-/m0/s1. The van der Waals surface area contributed by atoms with Crippen molar-refractivity contribution in [1.82, 2.24) is 5.32 Å². The largest absolute Gasteiger partial charge is 0.486 e. The second-order valence-electron chi connectivity index (χ2n) is 7.78. The van der Waals surface area contributed by atoms with Crippen LogP contribution in [0.15, 0.2) is 42.5 Å². The predicted octanol–water partition coefficient (Wildman–Crippen LogP) is 4.66. The molecule has 2 atom stereocenters. The topological polar surface area (TPSA) is 58.6 Å². The Hall–Kier alpha value is -1.88. The van der Waals surface area contributed by atoms with E-state index in [4.69, 9.17) is 16.3 Å². The number of benzene rings is 2. The average Bonchev–Trinajstić information content (AvgIpc) is 2.92. The quantitative estimate of drug-likeness (QED) is 0.585. The molecule has 1 aliphatic rings. The van der Waals surface area contributed by atoms with Crippen molar-refractivity contribution in [2.24, 2.45) is 0 Å². The third-order valence-electron chi connectivity index (χ3n) is 5.40. The number of ketones is 1. The van der Waals surface area contributed by atoms with E-state index in [1.54, 1.807) is 6.07 Å². The molecule has 0 amide bonds. The summed E-state index contributed by atoms with van der Waals surface area (Å²) in [7, 11) is 0. The van der Waals surface area contributed by atoms with Crippen molar-refractivity contribution in [3.05, 3.63) is 64.2 Å². The predicted molar refractivity (Wildman–Crippen MR) is 117 cm³/mol. The van der Waals surface area contributed by atoms with Gasteiger partial charge in [-0.25, -0.2) is 0 Å². The number of Topliss-reactive ketones (excluding diaryl/α,β-unsaturated/α-hetero) is 1. The molecule has 2 N–H and O–H groups in total. The van der Waals surface area contributed by atoms with Crippen LogP contribution in [-0.2, 0) is 17.6 Å². The van der Waals surface area contributed by atoms with Crippen LogP contribution in [0.5, 0.6) is 5.75 Å². The fraction of sp³-hybridized carbons (Fsp3) is 0.458. The van der Waals surface area contributed by atoms with Gasteiger partial charge in [-0.05, 0) is 73.1 Å². The monoisotopic (exact) mass is 415 g/mol. The lowest BCUT2D eigenvalue weighted by molar-refractivity contribution is -0.121. The lowest BCUT2D eigenvalue weighted by Crippen LogP contribution is -2.34. The van der Waals surface area contributed by atoms with Crippen LogP contribution in [0.25, 0.3) is 0 Å². The number of carbonyl (C=O) groups excluding carboxylic acids is 1. The van der Waals surface area contributed by atoms with Crippen LogP contribution in [0, 0.1) is 0 Å². The van der Waals surface area contributed by atoms with Crippen molar-refractivity contribution in [3.8, 4) is 5.75 Å².